The van der Waals surface area contributed by atoms with Gasteiger partial charge in [-0.3, -0.25) is 19.3 Å². The molecule has 0 aliphatic carbocycles. The summed E-state index contributed by atoms with van der Waals surface area (Å²) in [7, 11) is 4.01. The quantitative estimate of drug-likeness (QED) is 0.507. The lowest BCUT2D eigenvalue weighted by Gasteiger charge is -2.16. The lowest BCUT2D eigenvalue weighted by Crippen LogP contribution is -2.35. The van der Waals surface area contributed by atoms with E-state index in [-0.39, 0.29) is 31.0 Å². The van der Waals surface area contributed by atoms with Gasteiger partial charge in [0.05, 0.1) is 34.4 Å². The van der Waals surface area contributed by atoms with Crippen LogP contribution in [0.5, 0.6) is 0 Å². The Kier molecular flexibility index (Phi) is 13.3. The van der Waals surface area contributed by atoms with Crippen LogP contribution in [0.4, 0.5) is 0 Å². The van der Waals surface area contributed by atoms with Crippen LogP contribution in [0, 0.1) is 0 Å². The molecule has 0 N–H and O–H groups in total. The molecule has 7 nitrogen and oxygen atoms in total. The average molecular weight is 277 g/mol. The maximum absolute atomic E-state index is 10.8. The van der Waals surface area contributed by atoms with Gasteiger partial charge in [-0.1, -0.05) is 13.8 Å². The first-order chi connectivity index (χ1) is 8.94. The van der Waals surface area contributed by atoms with Gasteiger partial charge in [0.25, 0.3) is 0 Å². The van der Waals surface area contributed by atoms with Gasteiger partial charge in [0, 0.05) is 6.42 Å². The molecule has 0 unspecified atom stereocenters. The van der Waals surface area contributed by atoms with Gasteiger partial charge in [-0.2, -0.15) is 0 Å². The molecule has 0 heterocycles. The topological polar surface area (TPSA) is 82.1 Å². The van der Waals surface area contributed by atoms with Crippen molar-refractivity contribution in [1.82, 2.24) is 4.90 Å². The van der Waals surface area contributed by atoms with Crippen molar-refractivity contribution < 1.29 is 28.6 Å². The summed E-state index contributed by atoms with van der Waals surface area (Å²) >= 11 is 0. The van der Waals surface area contributed by atoms with E-state index in [0.29, 0.717) is 13.0 Å². The van der Waals surface area contributed by atoms with Gasteiger partial charge in [0.1, 0.15) is 0 Å². The van der Waals surface area contributed by atoms with Crippen molar-refractivity contribution in [3.63, 3.8) is 0 Å². The number of rotatable bonds is 6. The highest BCUT2D eigenvalue weighted by molar-refractivity contribution is 5.74. The molecule has 0 aliphatic heterocycles. The summed E-state index contributed by atoms with van der Waals surface area (Å²) in [5.41, 5.74) is 0. The lowest BCUT2D eigenvalue weighted by atomic mass is 10.4. The normalized spacial score (nSPS) is 9.16. The fourth-order valence-corrected chi connectivity index (χ4v) is 0.918. The Morgan fingerprint density at radius 1 is 0.789 bits per heavy atom. The van der Waals surface area contributed by atoms with Gasteiger partial charge < -0.3 is 14.2 Å². The molecule has 112 valence electrons. The zero-order valence-electron chi connectivity index (χ0n) is 12.2. The molecule has 0 radical (unpaired) electrons. The van der Waals surface area contributed by atoms with Crippen LogP contribution in [0.15, 0.2) is 0 Å². The van der Waals surface area contributed by atoms with E-state index in [0.717, 1.165) is 0 Å². The molecule has 0 aromatic heterocycles. The van der Waals surface area contributed by atoms with E-state index in [1.807, 2.05) is 6.92 Å². The van der Waals surface area contributed by atoms with Crippen molar-refractivity contribution in [1.29, 1.82) is 0 Å². The number of carbonyl (C=O) groups is 3. The Balaban J connectivity index is 0. The highest BCUT2D eigenvalue weighted by Gasteiger charge is 2.12. The van der Waals surface area contributed by atoms with E-state index >= 15 is 0 Å². The molecule has 0 atom stereocenters. The van der Waals surface area contributed by atoms with E-state index in [1.165, 1.54) is 21.3 Å². The average Bonchev–Trinajstić information content (AvgIpc) is 2.45. The van der Waals surface area contributed by atoms with Crippen LogP contribution in [0.25, 0.3) is 0 Å². The predicted octanol–water partition coefficient (Wildman–Crippen LogP) is 0.224. The van der Waals surface area contributed by atoms with Crippen LogP contribution in [0.3, 0.4) is 0 Å². The molecule has 0 aromatic rings. The van der Waals surface area contributed by atoms with E-state index in [1.54, 1.807) is 11.8 Å². The van der Waals surface area contributed by atoms with Crippen molar-refractivity contribution in [3.05, 3.63) is 0 Å². The number of carbonyl (C=O) groups excluding carboxylic acids is 3. The molecule has 7 heteroatoms. The summed E-state index contributed by atoms with van der Waals surface area (Å²) in [6.45, 7) is 4.44. The smallest absolute Gasteiger partial charge is 0.319 e. The predicted molar refractivity (Wildman–Crippen MR) is 68.5 cm³/mol. The maximum atomic E-state index is 10.8. The van der Waals surface area contributed by atoms with E-state index < -0.39 is 0 Å². The third-order valence-electron chi connectivity index (χ3n) is 2.12. The fourth-order valence-electron chi connectivity index (χ4n) is 0.918. The molecule has 0 saturated heterocycles. The number of hydrogen-bond donors (Lipinski definition) is 0. The van der Waals surface area contributed by atoms with Gasteiger partial charge in [-0.15, -0.1) is 0 Å². The van der Waals surface area contributed by atoms with Crippen molar-refractivity contribution in [2.75, 3.05) is 41.0 Å². The first-order valence-corrected chi connectivity index (χ1v) is 5.87. The molecule has 0 aromatic carbocycles. The van der Waals surface area contributed by atoms with Crippen LogP contribution >= 0.6 is 0 Å². The van der Waals surface area contributed by atoms with Crippen molar-refractivity contribution in [2.45, 2.75) is 20.3 Å². The van der Waals surface area contributed by atoms with Crippen LogP contribution in [-0.4, -0.2) is 63.8 Å². The third-order valence-corrected chi connectivity index (χ3v) is 2.12. The number of esters is 3. The van der Waals surface area contributed by atoms with Crippen molar-refractivity contribution in [2.24, 2.45) is 0 Å². The van der Waals surface area contributed by atoms with E-state index in [9.17, 15) is 14.4 Å². The van der Waals surface area contributed by atoms with Gasteiger partial charge in [-0.05, 0) is 6.54 Å². The van der Waals surface area contributed by atoms with E-state index in [2.05, 4.69) is 14.2 Å². The van der Waals surface area contributed by atoms with Gasteiger partial charge in [-0.25, -0.2) is 0 Å². The Bertz CT molecular complexity index is 255. The SMILES string of the molecule is CCC(=O)OC.CCN(CC(=O)OC)CC(=O)OC. The largest absolute Gasteiger partial charge is 0.469 e. The summed E-state index contributed by atoms with van der Waals surface area (Å²) in [5, 5.41) is 0. The molecule has 0 amide bonds. The van der Waals surface area contributed by atoms with Gasteiger partial charge >= 0.3 is 17.9 Å². The maximum Gasteiger partial charge on any atom is 0.319 e. The zero-order valence-corrected chi connectivity index (χ0v) is 12.2. The minimum absolute atomic E-state index is 0.113. The molecular formula is C12H23NO6. The first kappa shape index (κ1) is 19.7. The van der Waals surface area contributed by atoms with E-state index in [4.69, 9.17) is 0 Å². The molecule has 0 aliphatic rings. The Morgan fingerprint density at radius 3 is 1.32 bits per heavy atom. The fraction of sp³-hybridized carbons (Fsp3) is 0.750. The summed E-state index contributed by atoms with van der Waals surface area (Å²) in [6.07, 6.45) is 0.469. The van der Waals surface area contributed by atoms with Crippen molar-refractivity contribution >= 4 is 17.9 Å². The Hall–Kier alpha value is -1.63. The second-order valence-corrected chi connectivity index (χ2v) is 3.39. The van der Waals surface area contributed by atoms with Crippen LogP contribution < -0.4 is 0 Å². The van der Waals surface area contributed by atoms with Crippen molar-refractivity contribution in [3.8, 4) is 0 Å². The Labute approximate surface area is 113 Å². The minimum atomic E-state index is -0.356. The number of ether oxygens (including phenoxy) is 3. The molecule has 0 fully saturated rings. The molecule has 19 heavy (non-hydrogen) atoms. The number of nitrogens with zero attached hydrogens (tertiary/aromatic N) is 1. The first-order valence-electron chi connectivity index (χ1n) is 5.87. The highest BCUT2D eigenvalue weighted by atomic mass is 16.5. The minimum Gasteiger partial charge on any atom is -0.469 e. The Morgan fingerprint density at radius 2 is 1.16 bits per heavy atom. The number of methoxy groups -OCH3 is 3. The highest BCUT2D eigenvalue weighted by Crippen LogP contribution is 1.90. The summed E-state index contributed by atoms with van der Waals surface area (Å²) in [6, 6.07) is 0. The lowest BCUT2D eigenvalue weighted by molar-refractivity contribution is -0.145. The zero-order chi connectivity index (χ0) is 15.3. The summed E-state index contributed by atoms with van der Waals surface area (Å²) < 4.78 is 13.2. The molecule has 0 spiro atoms. The summed E-state index contributed by atoms with van der Waals surface area (Å²) in [5.74, 6) is -0.869. The van der Waals surface area contributed by atoms with Crippen LogP contribution in [0.1, 0.15) is 20.3 Å². The second-order valence-electron chi connectivity index (χ2n) is 3.39. The summed E-state index contributed by atoms with van der Waals surface area (Å²) in [4.78, 5) is 33.3. The monoisotopic (exact) mass is 277 g/mol. The molecule has 0 bridgehead atoms. The molecular weight excluding hydrogens is 254 g/mol. The standard InChI is InChI=1S/C8H15NO4.C4H8O2/c1-4-9(5-7(10)12-2)6-8(11)13-3;1-3-4(5)6-2/h4-6H2,1-3H3;3H2,1-2H3. The molecule has 0 saturated carbocycles. The number of hydrogen-bond acceptors (Lipinski definition) is 7. The number of likely N-dealkylation sites (N-methyl/N-ethyl adjacent to an activating group) is 1. The van der Waals surface area contributed by atoms with Crippen LogP contribution in [0.2, 0.25) is 0 Å². The van der Waals surface area contributed by atoms with Gasteiger partial charge in [0.2, 0.25) is 0 Å². The van der Waals surface area contributed by atoms with Crippen LogP contribution in [-0.2, 0) is 28.6 Å². The third kappa shape index (κ3) is 12.6. The van der Waals surface area contributed by atoms with Gasteiger partial charge in [0.15, 0.2) is 0 Å². The molecule has 0 rings (SSSR count). The second kappa shape index (κ2) is 12.8.